The Kier molecular flexibility index (Phi) is 48.0. The minimum absolute atomic E-state index is 0.125. The Hall–Kier alpha value is -4.83. The van der Waals surface area contributed by atoms with Crippen LogP contribution in [0.4, 0.5) is 0 Å². The van der Waals surface area contributed by atoms with E-state index in [2.05, 4.69) is 154 Å². The third-order valence-electron chi connectivity index (χ3n) is 10.6. The molecule has 0 aliphatic heterocycles. The van der Waals surface area contributed by atoms with Gasteiger partial charge in [0, 0.05) is 12.8 Å². The number of carboxylic acid groups (broad SMARTS) is 1. The van der Waals surface area contributed by atoms with Crippen molar-refractivity contribution in [2.75, 3.05) is 47.5 Å². The summed E-state index contributed by atoms with van der Waals surface area (Å²) in [5, 5.41) is 11.8. The standard InChI is InChI=1S/C62H97NO8/c1-6-8-10-12-14-16-18-20-22-24-26-28-30-32-34-36-38-40-42-44-46-48-50-52-59(64)69-56-58(57-70-62(61(66)67)68-55-54-63(3,4)5)71-60(65)53-51-49-47-45-43-41-39-37-35-33-31-29-27-25-23-21-19-17-15-13-11-9-7-2/h8-11,14-17,20-23,26-29,32-35,39,41,45,47,58,62H,6-7,12-13,18-19,24-25,30-31,36-38,40,42-44,46,48-57H2,1-5H3/b10-8-,11-9-,16-14-,17-15-,22-20-,23-21-,28-26-,29-27-,34-32-,35-33-,41-39-,47-45-. The summed E-state index contributed by atoms with van der Waals surface area (Å²) in [5.74, 6) is -2.40. The van der Waals surface area contributed by atoms with Crippen LogP contribution >= 0.6 is 0 Å². The topological polar surface area (TPSA) is 111 Å². The highest BCUT2D eigenvalue weighted by atomic mass is 16.7. The maximum atomic E-state index is 12.8. The van der Waals surface area contributed by atoms with Crippen molar-refractivity contribution in [1.29, 1.82) is 0 Å². The summed E-state index contributed by atoms with van der Waals surface area (Å²) in [6.07, 6.45) is 71.8. The fraction of sp³-hybridized carbons (Fsp3) is 0.565. The number of likely N-dealkylation sites (N-methyl/N-ethyl adjacent to an activating group) is 1. The van der Waals surface area contributed by atoms with E-state index in [0.717, 1.165) is 103 Å². The minimum atomic E-state index is -1.65. The van der Waals surface area contributed by atoms with Gasteiger partial charge in [-0.25, -0.2) is 0 Å². The lowest BCUT2D eigenvalue weighted by molar-refractivity contribution is -0.870. The molecular weight excluding hydrogens is 887 g/mol. The predicted molar refractivity (Wildman–Crippen MR) is 296 cm³/mol. The van der Waals surface area contributed by atoms with Crippen LogP contribution in [0.25, 0.3) is 0 Å². The van der Waals surface area contributed by atoms with Crippen LogP contribution in [0.5, 0.6) is 0 Å². The second-order valence-electron chi connectivity index (χ2n) is 18.4. The van der Waals surface area contributed by atoms with E-state index in [9.17, 15) is 19.5 Å². The molecule has 0 saturated carbocycles. The van der Waals surface area contributed by atoms with Gasteiger partial charge in [-0.3, -0.25) is 9.59 Å². The average Bonchev–Trinajstić information content (AvgIpc) is 3.34. The molecule has 0 spiro atoms. The van der Waals surface area contributed by atoms with Crippen LogP contribution in [0, 0.1) is 0 Å². The number of nitrogens with zero attached hydrogens (tertiary/aromatic N) is 1. The molecule has 0 fully saturated rings. The highest BCUT2D eigenvalue weighted by Crippen LogP contribution is 2.12. The number of carbonyl (C=O) groups is 3. The first kappa shape index (κ1) is 66.2. The normalized spacial score (nSPS) is 14.0. The van der Waals surface area contributed by atoms with E-state index >= 15 is 0 Å². The second kappa shape index (κ2) is 51.5. The second-order valence-corrected chi connectivity index (χ2v) is 18.4. The molecule has 0 bridgehead atoms. The van der Waals surface area contributed by atoms with Crippen LogP contribution in [0.3, 0.4) is 0 Å². The zero-order valence-electron chi connectivity index (χ0n) is 45.0. The first-order valence-electron chi connectivity index (χ1n) is 27.0. The third kappa shape index (κ3) is 52.8. The summed E-state index contributed by atoms with van der Waals surface area (Å²) in [6, 6.07) is 0. The van der Waals surface area contributed by atoms with Crippen molar-refractivity contribution in [3.63, 3.8) is 0 Å². The van der Waals surface area contributed by atoms with Gasteiger partial charge < -0.3 is 33.3 Å². The number of esters is 2. The van der Waals surface area contributed by atoms with E-state index in [1.165, 1.54) is 19.3 Å². The lowest BCUT2D eigenvalue weighted by atomic mass is 10.1. The molecule has 0 aromatic carbocycles. The molecule has 0 N–H and O–H groups in total. The van der Waals surface area contributed by atoms with Gasteiger partial charge in [0.15, 0.2) is 12.4 Å². The van der Waals surface area contributed by atoms with Crippen molar-refractivity contribution in [2.45, 2.75) is 180 Å². The number of allylic oxidation sites excluding steroid dienone is 24. The predicted octanol–water partition coefficient (Wildman–Crippen LogP) is 14.3. The number of carboxylic acids is 1. The molecule has 0 amide bonds. The number of unbranched alkanes of at least 4 members (excludes halogenated alkanes) is 8. The molecule has 0 aliphatic rings. The summed E-state index contributed by atoms with van der Waals surface area (Å²) in [5.41, 5.74) is 0. The third-order valence-corrected chi connectivity index (χ3v) is 10.6. The fourth-order valence-electron chi connectivity index (χ4n) is 6.49. The molecule has 0 radical (unpaired) electrons. The highest BCUT2D eigenvalue weighted by Gasteiger charge is 2.21. The summed E-state index contributed by atoms with van der Waals surface area (Å²) in [6.45, 7) is 4.40. The van der Waals surface area contributed by atoms with Gasteiger partial charge in [0.2, 0.25) is 0 Å². The molecule has 71 heavy (non-hydrogen) atoms. The van der Waals surface area contributed by atoms with Gasteiger partial charge in [-0.15, -0.1) is 0 Å². The molecule has 9 heteroatoms. The summed E-state index contributed by atoms with van der Waals surface area (Å²) in [4.78, 5) is 37.2. The van der Waals surface area contributed by atoms with Crippen LogP contribution in [0.15, 0.2) is 146 Å². The van der Waals surface area contributed by atoms with Crippen LogP contribution in [0.2, 0.25) is 0 Å². The molecule has 0 aromatic heterocycles. The summed E-state index contributed by atoms with van der Waals surface area (Å²) >= 11 is 0. The minimum Gasteiger partial charge on any atom is -0.545 e. The quantitative estimate of drug-likeness (QED) is 0.0195. The SMILES string of the molecule is CC/C=C\C/C=C\C/C=C\C/C=C\C/C=C\C/C=C\C/C=C\CCCC(=O)OC(COC(=O)CCCCCCCCC/C=C\C/C=C\C/C=C\C/C=C\C/C=C\CC)COC(OCC[N+](C)(C)C)C(=O)[O-]. The van der Waals surface area contributed by atoms with Gasteiger partial charge in [0.05, 0.1) is 40.3 Å². The molecule has 9 nitrogen and oxygen atoms in total. The zero-order valence-corrected chi connectivity index (χ0v) is 45.0. The lowest BCUT2D eigenvalue weighted by Crippen LogP contribution is -2.44. The Labute approximate surface area is 432 Å². The van der Waals surface area contributed by atoms with Crippen molar-refractivity contribution in [3.8, 4) is 0 Å². The summed E-state index contributed by atoms with van der Waals surface area (Å²) < 4.78 is 22.6. The first-order valence-corrected chi connectivity index (χ1v) is 27.0. The van der Waals surface area contributed by atoms with E-state index in [1.54, 1.807) is 0 Å². The van der Waals surface area contributed by atoms with Crippen molar-refractivity contribution in [1.82, 2.24) is 0 Å². The number of carbonyl (C=O) groups excluding carboxylic acids is 3. The average molecular weight is 984 g/mol. The van der Waals surface area contributed by atoms with Crippen LogP contribution in [0.1, 0.15) is 168 Å². The van der Waals surface area contributed by atoms with Crippen LogP contribution in [-0.2, 0) is 33.3 Å². The Morgan fingerprint density at radius 3 is 1.17 bits per heavy atom. The van der Waals surface area contributed by atoms with E-state index in [-0.39, 0.29) is 32.7 Å². The molecule has 0 aliphatic carbocycles. The Morgan fingerprint density at radius 2 is 0.775 bits per heavy atom. The van der Waals surface area contributed by atoms with Crippen molar-refractivity contribution in [2.24, 2.45) is 0 Å². The Bertz CT molecular complexity index is 1670. The largest absolute Gasteiger partial charge is 0.545 e. The smallest absolute Gasteiger partial charge is 0.306 e. The molecule has 0 saturated heterocycles. The monoisotopic (exact) mass is 984 g/mol. The van der Waals surface area contributed by atoms with E-state index in [1.807, 2.05) is 27.2 Å². The number of hydrogen-bond acceptors (Lipinski definition) is 8. The van der Waals surface area contributed by atoms with Gasteiger partial charge in [-0.1, -0.05) is 192 Å². The van der Waals surface area contributed by atoms with Gasteiger partial charge >= 0.3 is 11.9 Å². The van der Waals surface area contributed by atoms with Crippen LogP contribution in [-0.4, -0.2) is 82.3 Å². The number of ether oxygens (including phenoxy) is 4. The van der Waals surface area contributed by atoms with Gasteiger partial charge in [-0.05, 0) is 109 Å². The number of rotatable bonds is 47. The van der Waals surface area contributed by atoms with Gasteiger partial charge in [0.1, 0.15) is 13.2 Å². The number of aliphatic carboxylic acids is 1. The Morgan fingerprint density at radius 1 is 0.423 bits per heavy atom. The molecular formula is C62H97NO8. The van der Waals surface area contributed by atoms with Crippen LogP contribution < -0.4 is 5.11 Å². The molecule has 0 aromatic rings. The molecule has 0 rings (SSSR count). The Balaban J connectivity index is 4.48. The van der Waals surface area contributed by atoms with Gasteiger partial charge in [-0.2, -0.15) is 0 Å². The fourth-order valence-corrected chi connectivity index (χ4v) is 6.49. The first-order chi connectivity index (χ1) is 34.6. The molecule has 2 unspecified atom stereocenters. The van der Waals surface area contributed by atoms with E-state index in [4.69, 9.17) is 18.9 Å². The number of hydrogen-bond donors (Lipinski definition) is 0. The molecule has 0 heterocycles. The maximum absolute atomic E-state index is 12.8. The summed E-state index contributed by atoms with van der Waals surface area (Å²) in [7, 11) is 5.88. The lowest BCUT2D eigenvalue weighted by Gasteiger charge is -2.26. The zero-order chi connectivity index (χ0) is 52.0. The van der Waals surface area contributed by atoms with E-state index < -0.39 is 30.3 Å². The molecule has 2 atom stereocenters. The van der Waals surface area contributed by atoms with Crippen molar-refractivity contribution in [3.05, 3.63) is 146 Å². The van der Waals surface area contributed by atoms with Gasteiger partial charge in [0.25, 0.3) is 0 Å². The maximum Gasteiger partial charge on any atom is 0.306 e. The van der Waals surface area contributed by atoms with Crippen molar-refractivity contribution >= 4 is 17.9 Å². The molecule has 398 valence electrons. The van der Waals surface area contributed by atoms with Crippen molar-refractivity contribution < 1.29 is 42.9 Å². The highest BCUT2D eigenvalue weighted by molar-refractivity contribution is 5.70. The number of quaternary nitrogens is 1. The van der Waals surface area contributed by atoms with E-state index in [0.29, 0.717) is 30.3 Å².